The average molecular weight is 464 g/mol. The molecule has 0 aromatic heterocycles. The maximum atomic E-state index is 13.3. The first-order chi connectivity index (χ1) is 17.1. The summed E-state index contributed by atoms with van der Waals surface area (Å²) in [5, 5.41) is 12.1. The van der Waals surface area contributed by atoms with Crippen LogP contribution < -0.4 is 9.47 Å². The van der Waals surface area contributed by atoms with Gasteiger partial charge in [0.15, 0.2) is 11.5 Å². The van der Waals surface area contributed by atoms with Crippen molar-refractivity contribution in [1.29, 1.82) is 5.26 Å². The van der Waals surface area contributed by atoms with E-state index >= 15 is 0 Å². The second kappa shape index (κ2) is 11.2. The number of nitrogens with zero attached hydrogens (tertiary/aromatic N) is 1. The van der Waals surface area contributed by atoms with Gasteiger partial charge in [-0.2, -0.15) is 5.26 Å². The number of nitriles is 1. The van der Waals surface area contributed by atoms with Crippen molar-refractivity contribution in [3.8, 4) is 17.6 Å². The molecule has 4 aromatic carbocycles. The van der Waals surface area contributed by atoms with Crippen LogP contribution in [0.3, 0.4) is 0 Å². The third-order valence-corrected chi connectivity index (χ3v) is 5.61. The van der Waals surface area contributed by atoms with Crippen molar-refractivity contribution < 1.29 is 13.9 Å². The predicted octanol–water partition coefficient (Wildman–Crippen LogP) is 7.75. The van der Waals surface area contributed by atoms with Crippen LogP contribution in [0, 0.1) is 17.1 Å². The molecule has 0 bridgehead atoms. The largest absolute Gasteiger partial charge is 0.490 e. The zero-order valence-corrected chi connectivity index (χ0v) is 19.6. The standard InChI is InChI=1S/C31H26FNO2/c1-3-7-27-16-23(17-28(20-33)26-13-12-24-8-5-6-9-25(24)19-26)18-30(34-4-2)31(27)35-21-22-10-14-29(32)15-11-22/h3,5-6,8-19H,1,4,7,21H2,2H3/b28-17-. The van der Waals surface area contributed by atoms with E-state index in [2.05, 4.69) is 18.7 Å². The molecule has 0 heterocycles. The lowest BCUT2D eigenvalue weighted by Gasteiger charge is -2.17. The Morgan fingerprint density at radius 2 is 1.74 bits per heavy atom. The fourth-order valence-corrected chi connectivity index (χ4v) is 3.94. The van der Waals surface area contributed by atoms with Gasteiger partial charge in [-0.1, -0.05) is 54.6 Å². The van der Waals surface area contributed by atoms with Crippen LogP contribution in [0.2, 0.25) is 0 Å². The smallest absolute Gasteiger partial charge is 0.165 e. The first-order valence-corrected chi connectivity index (χ1v) is 11.5. The minimum absolute atomic E-state index is 0.278. The highest BCUT2D eigenvalue weighted by Crippen LogP contribution is 2.36. The SMILES string of the molecule is C=CCc1cc(/C=C(/C#N)c2ccc3ccccc3c2)cc(OCC)c1OCc1ccc(F)cc1. The Kier molecular flexibility index (Phi) is 7.60. The molecule has 0 saturated heterocycles. The predicted molar refractivity (Wildman–Crippen MR) is 140 cm³/mol. The van der Waals surface area contributed by atoms with Crippen LogP contribution in [-0.2, 0) is 13.0 Å². The van der Waals surface area contributed by atoms with Crippen molar-refractivity contribution in [2.75, 3.05) is 6.61 Å². The number of rotatable bonds is 9. The highest BCUT2D eigenvalue weighted by molar-refractivity contribution is 5.94. The molecule has 3 nitrogen and oxygen atoms in total. The Labute approximate surface area is 205 Å². The molecular formula is C31H26FNO2. The van der Waals surface area contributed by atoms with Crippen molar-refractivity contribution in [2.24, 2.45) is 0 Å². The van der Waals surface area contributed by atoms with Gasteiger partial charge in [-0.15, -0.1) is 6.58 Å². The third-order valence-electron chi connectivity index (χ3n) is 5.61. The van der Waals surface area contributed by atoms with Gasteiger partial charge in [0.1, 0.15) is 12.4 Å². The maximum absolute atomic E-state index is 13.3. The van der Waals surface area contributed by atoms with Crippen LogP contribution in [0.25, 0.3) is 22.4 Å². The molecule has 0 spiro atoms. The van der Waals surface area contributed by atoms with Crippen LogP contribution in [-0.4, -0.2) is 6.61 Å². The molecule has 0 unspecified atom stereocenters. The molecule has 0 atom stereocenters. The van der Waals surface area contributed by atoms with Crippen LogP contribution in [0.4, 0.5) is 4.39 Å². The zero-order chi connectivity index (χ0) is 24.6. The van der Waals surface area contributed by atoms with Crippen LogP contribution in [0.15, 0.2) is 91.5 Å². The van der Waals surface area contributed by atoms with Crippen molar-refractivity contribution in [3.63, 3.8) is 0 Å². The molecular weight excluding hydrogens is 437 g/mol. The van der Waals surface area contributed by atoms with E-state index in [1.165, 1.54) is 12.1 Å². The number of halogens is 1. The topological polar surface area (TPSA) is 42.2 Å². The maximum Gasteiger partial charge on any atom is 0.165 e. The lowest BCUT2D eigenvalue weighted by atomic mass is 9.98. The molecule has 0 aliphatic rings. The highest BCUT2D eigenvalue weighted by atomic mass is 19.1. The quantitative estimate of drug-likeness (QED) is 0.145. The fraction of sp³-hybridized carbons (Fsp3) is 0.129. The Balaban J connectivity index is 1.71. The fourth-order valence-electron chi connectivity index (χ4n) is 3.94. The molecule has 0 aliphatic carbocycles. The number of ether oxygens (including phenoxy) is 2. The number of benzene rings is 4. The summed E-state index contributed by atoms with van der Waals surface area (Å²) in [6.45, 7) is 6.53. The van der Waals surface area contributed by atoms with Crippen LogP contribution in [0.1, 0.15) is 29.2 Å². The van der Waals surface area contributed by atoms with Gasteiger partial charge in [0.2, 0.25) is 0 Å². The summed E-state index contributed by atoms with van der Waals surface area (Å²) >= 11 is 0. The Hall–Kier alpha value is -4.36. The van der Waals surface area contributed by atoms with E-state index in [1.54, 1.807) is 18.2 Å². The molecule has 0 saturated carbocycles. The lowest BCUT2D eigenvalue weighted by molar-refractivity contribution is 0.267. The number of hydrogen-bond donors (Lipinski definition) is 0. The van der Waals surface area contributed by atoms with E-state index in [4.69, 9.17) is 9.47 Å². The van der Waals surface area contributed by atoms with Crippen LogP contribution >= 0.6 is 0 Å². The number of hydrogen-bond acceptors (Lipinski definition) is 3. The Morgan fingerprint density at radius 1 is 0.971 bits per heavy atom. The van der Waals surface area contributed by atoms with Crippen molar-refractivity contribution in [2.45, 2.75) is 20.0 Å². The minimum Gasteiger partial charge on any atom is -0.490 e. The summed E-state index contributed by atoms with van der Waals surface area (Å²) in [7, 11) is 0. The van der Waals surface area contributed by atoms with E-state index in [9.17, 15) is 9.65 Å². The number of allylic oxidation sites excluding steroid dienone is 2. The van der Waals surface area contributed by atoms with Gasteiger partial charge in [0.05, 0.1) is 18.2 Å². The van der Waals surface area contributed by atoms with Crippen molar-refractivity contribution >= 4 is 22.4 Å². The summed E-state index contributed by atoms with van der Waals surface area (Å²) in [5.74, 6) is 0.931. The summed E-state index contributed by atoms with van der Waals surface area (Å²) in [6.07, 6.45) is 4.24. The zero-order valence-electron chi connectivity index (χ0n) is 19.6. The minimum atomic E-state index is -0.285. The monoisotopic (exact) mass is 463 g/mol. The van der Waals surface area contributed by atoms with E-state index in [1.807, 2.05) is 61.5 Å². The molecule has 0 N–H and O–H groups in total. The molecule has 0 radical (unpaired) electrons. The first-order valence-electron chi connectivity index (χ1n) is 11.5. The Bertz CT molecular complexity index is 1410. The van der Waals surface area contributed by atoms with Gasteiger partial charge in [-0.05, 0) is 77.2 Å². The van der Waals surface area contributed by atoms with Gasteiger partial charge in [-0.3, -0.25) is 0 Å². The van der Waals surface area contributed by atoms with E-state index in [-0.39, 0.29) is 12.4 Å². The first kappa shape index (κ1) is 23.8. The van der Waals surface area contributed by atoms with Gasteiger partial charge in [0, 0.05) is 5.56 Å². The summed E-state index contributed by atoms with van der Waals surface area (Å²) in [4.78, 5) is 0. The second-order valence-electron chi connectivity index (χ2n) is 8.08. The molecule has 35 heavy (non-hydrogen) atoms. The molecule has 0 fully saturated rings. The summed E-state index contributed by atoms with van der Waals surface area (Å²) in [6, 6.07) is 26.5. The number of fused-ring (bicyclic) bond motifs is 1. The van der Waals surface area contributed by atoms with Gasteiger partial charge >= 0.3 is 0 Å². The average Bonchev–Trinajstić information content (AvgIpc) is 2.88. The second-order valence-corrected chi connectivity index (χ2v) is 8.08. The summed E-state index contributed by atoms with van der Waals surface area (Å²) < 4.78 is 25.3. The van der Waals surface area contributed by atoms with Gasteiger partial charge < -0.3 is 9.47 Å². The highest BCUT2D eigenvalue weighted by Gasteiger charge is 2.14. The van der Waals surface area contributed by atoms with Crippen molar-refractivity contribution in [1.82, 2.24) is 0 Å². The third kappa shape index (κ3) is 5.77. The molecule has 4 aromatic rings. The molecule has 4 heteroatoms. The van der Waals surface area contributed by atoms with Gasteiger partial charge in [-0.25, -0.2) is 4.39 Å². The molecule has 0 amide bonds. The van der Waals surface area contributed by atoms with Crippen LogP contribution in [0.5, 0.6) is 11.5 Å². The Morgan fingerprint density at radius 3 is 2.46 bits per heavy atom. The molecule has 0 aliphatic heterocycles. The van der Waals surface area contributed by atoms with Crippen molar-refractivity contribution in [3.05, 3.63) is 120 Å². The lowest BCUT2D eigenvalue weighted by Crippen LogP contribution is -2.03. The van der Waals surface area contributed by atoms with E-state index in [0.717, 1.165) is 33.0 Å². The molecule has 4 rings (SSSR count). The van der Waals surface area contributed by atoms with E-state index < -0.39 is 0 Å². The normalized spacial score (nSPS) is 11.2. The summed E-state index contributed by atoms with van der Waals surface area (Å²) in [5.41, 5.74) is 4.00. The molecule has 174 valence electrons. The van der Waals surface area contributed by atoms with E-state index in [0.29, 0.717) is 30.1 Å². The van der Waals surface area contributed by atoms with Gasteiger partial charge in [0.25, 0.3) is 0 Å².